The number of halogens is 1. The van der Waals surface area contributed by atoms with Crippen LogP contribution in [0.2, 0.25) is 0 Å². The number of thioether (sulfide) groups is 1. The number of nitrogens with zero attached hydrogens (tertiary/aromatic N) is 2. The Hall–Kier alpha value is -1.22. The van der Waals surface area contributed by atoms with Gasteiger partial charge in [-0.05, 0) is 40.5 Å². The van der Waals surface area contributed by atoms with Crippen molar-refractivity contribution < 1.29 is 9.59 Å². The minimum Gasteiger partial charge on any atom is -0.310 e. The molecule has 2 aliphatic heterocycles. The van der Waals surface area contributed by atoms with Crippen LogP contribution in [0.5, 0.6) is 0 Å². The van der Waals surface area contributed by atoms with E-state index in [2.05, 4.69) is 15.9 Å². The third-order valence-corrected chi connectivity index (χ3v) is 5.36. The number of amides is 2. The number of hydrogen-bond donors (Lipinski definition) is 1. The average molecular weight is 384 g/mol. The van der Waals surface area contributed by atoms with Crippen LogP contribution in [0.1, 0.15) is 11.1 Å². The summed E-state index contributed by atoms with van der Waals surface area (Å²) in [6.45, 7) is 1.93. The number of aryl methyl sites for hydroxylation is 1. The van der Waals surface area contributed by atoms with Crippen molar-refractivity contribution in [2.45, 2.75) is 6.92 Å². The Balaban J connectivity index is 2.31. The van der Waals surface area contributed by atoms with Gasteiger partial charge in [-0.2, -0.15) is 0 Å². The number of likely N-dealkylation sites (N-methyl/N-ethyl adjacent to an activating group) is 1. The Morgan fingerprint density at radius 3 is 2.52 bits per heavy atom. The number of benzene rings is 1. The summed E-state index contributed by atoms with van der Waals surface area (Å²) in [5, 5.41) is 0.901. The van der Waals surface area contributed by atoms with Crippen LogP contribution in [0.3, 0.4) is 0 Å². The number of carbonyl (C=O) groups excluding carboxylic acids is 2. The maximum absolute atomic E-state index is 12.6. The van der Waals surface area contributed by atoms with E-state index in [0.717, 1.165) is 38.1 Å². The summed E-state index contributed by atoms with van der Waals surface area (Å²) in [4.78, 5) is 26.6. The van der Waals surface area contributed by atoms with E-state index in [-0.39, 0.29) is 15.1 Å². The van der Waals surface area contributed by atoms with Crippen LogP contribution in [0.15, 0.2) is 21.5 Å². The summed E-state index contributed by atoms with van der Waals surface area (Å²) in [6, 6.07) is 3.82. The largest absolute Gasteiger partial charge is 0.310 e. The molecular weight excluding hydrogens is 374 g/mol. The third-order valence-electron chi connectivity index (χ3n) is 3.36. The number of thiocarbonyl (C=S) groups is 1. The summed E-state index contributed by atoms with van der Waals surface area (Å²) >= 11 is 9.56. The van der Waals surface area contributed by atoms with Gasteiger partial charge in [0.25, 0.3) is 11.8 Å². The van der Waals surface area contributed by atoms with Gasteiger partial charge in [0.05, 0.1) is 16.2 Å². The van der Waals surface area contributed by atoms with Crippen molar-refractivity contribution in [1.29, 1.82) is 0 Å². The van der Waals surface area contributed by atoms with Crippen molar-refractivity contribution in [3.8, 4) is 0 Å². The van der Waals surface area contributed by atoms with Crippen molar-refractivity contribution in [2.24, 2.45) is 5.84 Å². The van der Waals surface area contributed by atoms with Crippen molar-refractivity contribution in [3.63, 3.8) is 0 Å². The minimum atomic E-state index is -0.438. The number of nitrogens with two attached hydrogens (primary N) is 1. The molecule has 1 aromatic carbocycles. The van der Waals surface area contributed by atoms with Crippen molar-refractivity contribution >= 4 is 67.3 Å². The Labute approximate surface area is 139 Å². The summed E-state index contributed by atoms with van der Waals surface area (Å²) in [5.41, 5.74) is 2.83. The van der Waals surface area contributed by atoms with E-state index in [1.165, 1.54) is 4.90 Å². The second-order valence-electron chi connectivity index (χ2n) is 4.75. The Morgan fingerprint density at radius 2 is 1.95 bits per heavy atom. The van der Waals surface area contributed by atoms with E-state index in [1.54, 1.807) is 7.05 Å². The van der Waals surface area contributed by atoms with Gasteiger partial charge in [-0.1, -0.05) is 24.0 Å². The number of hydrazine groups is 1. The molecule has 0 unspecified atom stereocenters. The van der Waals surface area contributed by atoms with E-state index in [1.807, 2.05) is 19.1 Å². The van der Waals surface area contributed by atoms with E-state index < -0.39 is 5.91 Å². The fourth-order valence-electron chi connectivity index (χ4n) is 2.40. The Bertz CT molecular complexity index is 760. The lowest BCUT2D eigenvalue weighted by Crippen LogP contribution is -2.35. The predicted octanol–water partition coefficient (Wildman–Crippen LogP) is 2.18. The van der Waals surface area contributed by atoms with Gasteiger partial charge < -0.3 is 4.90 Å². The Morgan fingerprint density at radius 1 is 1.29 bits per heavy atom. The van der Waals surface area contributed by atoms with Gasteiger partial charge in [0.15, 0.2) is 4.32 Å². The first-order chi connectivity index (χ1) is 9.82. The fourth-order valence-corrected chi connectivity index (χ4v) is 4.41. The van der Waals surface area contributed by atoms with Crippen molar-refractivity contribution in [3.05, 3.63) is 32.6 Å². The fraction of sp³-hybridized carbons (Fsp3) is 0.154. The zero-order valence-electron chi connectivity index (χ0n) is 11.1. The maximum atomic E-state index is 12.6. The van der Waals surface area contributed by atoms with Crippen LogP contribution in [-0.2, 0) is 9.59 Å². The van der Waals surface area contributed by atoms with Gasteiger partial charge in [0.2, 0.25) is 0 Å². The lowest BCUT2D eigenvalue weighted by Gasteiger charge is -2.11. The number of rotatable bonds is 0. The molecule has 2 heterocycles. The molecule has 2 amide bonds. The van der Waals surface area contributed by atoms with Gasteiger partial charge in [-0.25, -0.2) is 10.9 Å². The van der Waals surface area contributed by atoms with E-state index in [9.17, 15) is 9.59 Å². The van der Waals surface area contributed by atoms with Crippen LogP contribution in [0.4, 0.5) is 5.69 Å². The first-order valence-electron chi connectivity index (χ1n) is 5.96. The van der Waals surface area contributed by atoms with E-state index in [0.29, 0.717) is 5.57 Å². The standard InChI is InChI=1S/C13H10BrN3O2S2/c1-5-3-6-8(10-12(19)17(15)13(20)21-10)11(18)16(2)9(6)7(14)4-5/h3-4H,15H2,1-2H3/b10-8+. The van der Waals surface area contributed by atoms with Gasteiger partial charge >= 0.3 is 0 Å². The molecule has 0 atom stereocenters. The molecule has 1 aromatic rings. The van der Waals surface area contributed by atoms with E-state index in [4.69, 9.17) is 18.1 Å². The lowest BCUT2D eigenvalue weighted by molar-refractivity contribution is -0.122. The van der Waals surface area contributed by atoms with Gasteiger partial charge in [-0.3, -0.25) is 9.59 Å². The van der Waals surface area contributed by atoms with Crippen LogP contribution < -0.4 is 10.7 Å². The molecule has 8 heteroatoms. The van der Waals surface area contributed by atoms with Gasteiger partial charge in [0.1, 0.15) is 0 Å². The average Bonchev–Trinajstić information content (AvgIpc) is 2.79. The second kappa shape index (κ2) is 4.91. The smallest absolute Gasteiger partial charge is 0.281 e. The normalized spacial score (nSPS) is 21.6. The van der Waals surface area contributed by atoms with Crippen LogP contribution >= 0.6 is 39.9 Å². The van der Waals surface area contributed by atoms with Gasteiger partial charge in [-0.15, -0.1) is 0 Å². The molecular formula is C13H10BrN3O2S2. The highest BCUT2D eigenvalue weighted by Crippen LogP contribution is 2.46. The molecule has 0 aliphatic carbocycles. The van der Waals surface area contributed by atoms with E-state index >= 15 is 0 Å². The number of anilines is 1. The summed E-state index contributed by atoms with van der Waals surface area (Å²) in [6.07, 6.45) is 0. The summed E-state index contributed by atoms with van der Waals surface area (Å²) in [7, 11) is 1.68. The topological polar surface area (TPSA) is 66.6 Å². The first kappa shape index (κ1) is 14.7. The minimum absolute atomic E-state index is 0.231. The molecule has 3 rings (SSSR count). The third kappa shape index (κ3) is 2.05. The molecule has 0 radical (unpaired) electrons. The molecule has 2 N–H and O–H groups in total. The highest BCUT2D eigenvalue weighted by atomic mass is 79.9. The SMILES string of the molecule is Cc1cc(Br)c2c(c1)/C(=C1\SC(=S)N(N)C1=O)C(=O)N2C. The maximum Gasteiger partial charge on any atom is 0.281 e. The van der Waals surface area contributed by atoms with Crippen molar-refractivity contribution in [1.82, 2.24) is 5.01 Å². The first-order valence-corrected chi connectivity index (χ1v) is 7.98. The molecule has 1 fully saturated rings. The zero-order valence-corrected chi connectivity index (χ0v) is 14.4. The van der Waals surface area contributed by atoms with Crippen molar-refractivity contribution in [2.75, 3.05) is 11.9 Å². The number of carbonyl (C=O) groups is 2. The molecule has 5 nitrogen and oxygen atoms in total. The molecule has 0 bridgehead atoms. The van der Waals surface area contributed by atoms with Crippen LogP contribution in [0.25, 0.3) is 5.57 Å². The lowest BCUT2D eigenvalue weighted by atomic mass is 10.0. The van der Waals surface area contributed by atoms with Gasteiger partial charge in [0, 0.05) is 17.1 Å². The quantitative estimate of drug-likeness (QED) is 0.322. The molecule has 108 valence electrons. The highest BCUT2D eigenvalue weighted by molar-refractivity contribution is 9.10. The molecule has 0 spiro atoms. The highest BCUT2D eigenvalue weighted by Gasteiger charge is 2.41. The summed E-state index contributed by atoms with van der Waals surface area (Å²) < 4.78 is 1.06. The Kier molecular flexibility index (Phi) is 3.44. The van der Waals surface area contributed by atoms with Crippen LogP contribution in [0, 0.1) is 6.92 Å². The molecule has 0 aromatic heterocycles. The zero-order chi connectivity index (χ0) is 15.5. The van der Waals surface area contributed by atoms with Crippen LogP contribution in [-0.4, -0.2) is 28.2 Å². The number of hydrogen-bond acceptors (Lipinski definition) is 5. The molecule has 0 saturated carbocycles. The summed E-state index contributed by atoms with van der Waals surface area (Å²) in [5.74, 6) is 4.92. The number of fused-ring (bicyclic) bond motifs is 1. The molecule has 21 heavy (non-hydrogen) atoms. The monoisotopic (exact) mass is 383 g/mol. The molecule has 2 aliphatic rings. The second-order valence-corrected chi connectivity index (χ2v) is 7.25. The molecule has 1 saturated heterocycles. The predicted molar refractivity (Wildman–Crippen MR) is 90.4 cm³/mol.